The van der Waals surface area contributed by atoms with Crippen LogP contribution in [-0.2, 0) is 17.5 Å². The van der Waals surface area contributed by atoms with Gasteiger partial charge in [0.05, 0.1) is 5.56 Å². The number of alkyl halides is 3. The smallest absolute Gasteiger partial charge is 0.433 e. The van der Waals surface area contributed by atoms with E-state index in [0.717, 1.165) is 11.8 Å². The Bertz CT molecular complexity index is 1040. The summed E-state index contributed by atoms with van der Waals surface area (Å²) in [7, 11) is 0. The zero-order valence-corrected chi connectivity index (χ0v) is 15.8. The van der Waals surface area contributed by atoms with Crippen LogP contribution in [0.4, 0.5) is 23.7 Å². The molecule has 0 aliphatic carbocycles. The van der Waals surface area contributed by atoms with Gasteiger partial charge >= 0.3 is 18.2 Å². The van der Waals surface area contributed by atoms with Gasteiger partial charge in [0.25, 0.3) is 0 Å². The van der Waals surface area contributed by atoms with E-state index in [9.17, 15) is 22.8 Å². The molecule has 7 nitrogen and oxygen atoms in total. The Morgan fingerprint density at radius 2 is 1.68 bits per heavy atom. The first-order valence-electron chi connectivity index (χ1n) is 8.89. The highest BCUT2D eigenvalue weighted by Crippen LogP contribution is 2.28. The van der Waals surface area contributed by atoms with E-state index in [1.807, 2.05) is 35.8 Å². The molecule has 0 saturated heterocycles. The van der Waals surface area contributed by atoms with Crippen molar-refractivity contribution in [3.63, 3.8) is 0 Å². The molecule has 1 aromatic heterocycles. The van der Waals surface area contributed by atoms with Crippen molar-refractivity contribution in [2.24, 2.45) is 0 Å². The lowest BCUT2D eigenvalue weighted by molar-refractivity contribution is -0.141. The van der Waals surface area contributed by atoms with Gasteiger partial charge < -0.3 is 14.9 Å². The molecule has 0 aliphatic rings. The number of ether oxygens (including phenoxy) is 1. The van der Waals surface area contributed by atoms with Gasteiger partial charge in [-0.1, -0.05) is 30.3 Å². The van der Waals surface area contributed by atoms with Crippen LogP contribution in [-0.4, -0.2) is 17.0 Å². The van der Waals surface area contributed by atoms with Crippen molar-refractivity contribution in [2.45, 2.75) is 12.8 Å². The Kier molecular flexibility index (Phi) is 6.71. The maximum absolute atomic E-state index is 12.7. The van der Waals surface area contributed by atoms with Gasteiger partial charge in [-0.05, 0) is 42.0 Å². The molecule has 0 aliphatic heterocycles. The highest BCUT2D eigenvalue weighted by molar-refractivity contribution is 5.90. The van der Waals surface area contributed by atoms with Gasteiger partial charge in [-0.25, -0.2) is 9.59 Å². The minimum absolute atomic E-state index is 0.111. The summed E-state index contributed by atoms with van der Waals surface area (Å²) in [6.07, 6.45) is -3.70. The molecule has 10 heteroatoms. The molecule has 160 valence electrons. The summed E-state index contributed by atoms with van der Waals surface area (Å²) in [5, 5.41) is 2.20. The second-order valence-corrected chi connectivity index (χ2v) is 6.17. The number of amides is 2. The normalized spacial score (nSPS) is 10.8. The first-order valence-corrected chi connectivity index (χ1v) is 8.89. The quantitative estimate of drug-likeness (QED) is 0.441. The van der Waals surface area contributed by atoms with E-state index in [-0.39, 0.29) is 23.6 Å². The van der Waals surface area contributed by atoms with Crippen LogP contribution in [0.2, 0.25) is 0 Å². The molecule has 3 rings (SSSR count). The summed E-state index contributed by atoms with van der Waals surface area (Å²) in [4.78, 5) is 32.1. The molecule has 0 spiro atoms. The van der Waals surface area contributed by atoms with Crippen molar-refractivity contribution >= 4 is 17.7 Å². The van der Waals surface area contributed by atoms with E-state index in [1.165, 1.54) is 30.3 Å². The van der Waals surface area contributed by atoms with Crippen LogP contribution < -0.4 is 15.6 Å². The maximum Gasteiger partial charge on any atom is 0.433 e. The molecule has 0 unspecified atom stereocenters. The second kappa shape index (κ2) is 9.61. The average molecular weight is 431 g/mol. The molecule has 3 aromatic rings. The predicted octanol–water partition coefficient (Wildman–Crippen LogP) is 4.57. The van der Waals surface area contributed by atoms with Gasteiger partial charge in [-0.2, -0.15) is 18.7 Å². The number of hydrogen-bond acceptors (Lipinski definition) is 5. The lowest BCUT2D eigenvalue weighted by Gasteiger charge is -2.11. The molecular formula is C21H16F3N3O4. The summed E-state index contributed by atoms with van der Waals surface area (Å²) in [6, 6.07) is 15.9. The van der Waals surface area contributed by atoms with Crippen LogP contribution in [0, 0.1) is 0 Å². The summed E-state index contributed by atoms with van der Waals surface area (Å²) in [5.74, 6) is -0.334. The fourth-order valence-electron chi connectivity index (χ4n) is 2.39. The van der Waals surface area contributed by atoms with E-state index in [4.69, 9.17) is 9.57 Å². The van der Waals surface area contributed by atoms with Crippen LogP contribution in [0.25, 0.3) is 0 Å². The number of pyridine rings is 1. The highest BCUT2D eigenvalue weighted by atomic mass is 19.4. The molecule has 0 radical (unpaired) electrons. The Morgan fingerprint density at radius 1 is 0.968 bits per heavy atom. The van der Waals surface area contributed by atoms with Crippen molar-refractivity contribution < 1.29 is 32.3 Å². The molecular weight excluding hydrogens is 415 g/mol. The summed E-state index contributed by atoms with van der Waals surface area (Å²) >= 11 is 0. The third-order valence-corrected chi connectivity index (χ3v) is 3.87. The average Bonchev–Trinajstić information content (AvgIpc) is 2.77. The van der Waals surface area contributed by atoms with Crippen molar-refractivity contribution in [3.8, 4) is 5.75 Å². The van der Waals surface area contributed by atoms with E-state index in [1.54, 1.807) is 0 Å². The zero-order chi connectivity index (χ0) is 22.3. The minimum atomic E-state index is -4.63. The summed E-state index contributed by atoms with van der Waals surface area (Å²) in [5.41, 5.74) is 1.92. The number of hydroxylamine groups is 1. The van der Waals surface area contributed by atoms with Crippen molar-refractivity contribution in [2.75, 3.05) is 5.32 Å². The number of rotatable bonds is 6. The van der Waals surface area contributed by atoms with Crippen LogP contribution in [0.15, 0.2) is 72.9 Å². The van der Waals surface area contributed by atoms with Gasteiger partial charge in [0.15, 0.2) is 5.75 Å². The number of aromatic nitrogens is 1. The second-order valence-electron chi connectivity index (χ2n) is 6.17. The van der Waals surface area contributed by atoms with Gasteiger partial charge in [-0.15, -0.1) is 0 Å². The first-order chi connectivity index (χ1) is 14.8. The van der Waals surface area contributed by atoms with Gasteiger partial charge in [0.1, 0.15) is 12.3 Å². The van der Waals surface area contributed by atoms with Crippen LogP contribution in [0.1, 0.15) is 21.6 Å². The third kappa shape index (κ3) is 6.46. The van der Waals surface area contributed by atoms with Gasteiger partial charge in [0.2, 0.25) is 0 Å². The Hall–Kier alpha value is -4.08. The number of carbonyl (C=O) groups excluding carboxylic acids is 2. The number of esters is 1. The van der Waals surface area contributed by atoms with E-state index in [0.29, 0.717) is 6.07 Å². The number of hydrogen-bond donors (Lipinski definition) is 2. The SMILES string of the molecule is O=C(NOc1ccc(C(=O)OCc2ccccc2)cc1)Nc1ccnc(C(F)(F)F)c1. The fourth-order valence-corrected chi connectivity index (χ4v) is 2.39. The van der Waals surface area contributed by atoms with Crippen LogP contribution >= 0.6 is 0 Å². The molecule has 0 bridgehead atoms. The Balaban J connectivity index is 1.48. The molecule has 2 N–H and O–H groups in total. The molecule has 31 heavy (non-hydrogen) atoms. The summed E-state index contributed by atoms with van der Waals surface area (Å²) < 4.78 is 43.2. The first kappa shape index (κ1) is 21.6. The number of urea groups is 1. The predicted molar refractivity (Wildman–Crippen MR) is 104 cm³/mol. The molecule has 2 aromatic carbocycles. The number of carbonyl (C=O) groups is 2. The number of anilines is 1. The number of nitrogens with zero attached hydrogens (tertiary/aromatic N) is 1. The van der Waals surface area contributed by atoms with Gasteiger partial charge in [0, 0.05) is 11.9 Å². The zero-order valence-electron chi connectivity index (χ0n) is 15.8. The number of benzene rings is 2. The summed E-state index contributed by atoms with van der Waals surface area (Å²) in [6.45, 7) is 0.130. The van der Waals surface area contributed by atoms with Crippen molar-refractivity contribution in [3.05, 3.63) is 89.7 Å². The monoisotopic (exact) mass is 431 g/mol. The topological polar surface area (TPSA) is 89.5 Å². The Labute approximate surface area is 174 Å². The molecule has 0 fully saturated rings. The number of halogens is 3. The van der Waals surface area contributed by atoms with Crippen LogP contribution in [0.5, 0.6) is 5.75 Å². The molecule has 1 heterocycles. The van der Waals surface area contributed by atoms with Crippen molar-refractivity contribution in [1.29, 1.82) is 0 Å². The molecule has 2 amide bonds. The maximum atomic E-state index is 12.7. The van der Waals surface area contributed by atoms with E-state index in [2.05, 4.69) is 10.3 Å². The Morgan fingerprint density at radius 3 is 2.35 bits per heavy atom. The van der Waals surface area contributed by atoms with E-state index >= 15 is 0 Å². The van der Waals surface area contributed by atoms with Gasteiger partial charge in [-0.3, -0.25) is 4.98 Å². The van der Waals surface area contributed by atoms with Crippen LogP contribution in [0.3, 0.4) is 0 Å². The fraction of sp³-hybridized carbons (Fsp3) is 0.0952. The highest BCUT2D eigenvalue weighted by Gasteiger charge is 2.32. The standard InChI is InChI=1S/C21H16F3N3O4/c22-21(23,24)18-12-16(10-11-25-18)26-20(29)27-31-17-8-6-15(7-9-17)19(28)30-13-14-4-2-1-3-5-14/h1-12H,13H2,(H2,25,26,27,29). The van der Waals surface area contributed by atoms with E-state index < -0.39 is 23.9 Å². The third-order valence-electron chi connectivity index (χ3n) is 3.87. The lowest BCUT2D eigenvalue weighted by atomic mass is 10.2. The lowest BCUT2D eigenvalue weighted by Crippen LogP contribution is -2.31. The largest absolute Gasteiger partial charge is 0.457 e. The minimum Gasteiger partial charge on any atom is -0.457 e. The molecule has 0 saturated carbocycles. The number of nitrogens with one attached hydrogen (secondary N) is 2. The van der Waals surface area contributed by atoms with Crippen molar-refractivity contribution in [1.82, 2.24) is 10.5 Å². The molecule has 0 atom stereocenters.